The molecular formula is C12H22AlO35S8. The summed E-state index contributed by atoms with van der Waals surface area (Å²) in [4.78, 5) is 0. The topological polar surface area (TPSA) is 536 Å². The fourth-order valence-corrected chi connectivity index (χ4v) is 7.68. The Kier molecular flexibility index (Phi) is 17.7. The van der Waals surface area contributed by atoms with E-state index in [-0.39, 0.29) is 17.4 Å². The van der Waals surface area contributed by atoms with E-state index in [2.05, 4.69) is 33.5 Å². The first-order valence-electron chi connectivity index (χ1n) is 12.3. The lowest BCUT2D eigenvalue weighted by Gasteiger charge is -2.45. The molecule has 0 unspecified atom stereocenters. The molecule has 0 aromatic carbocycles. The molecule has 0 saturated carbocycles. The molecule has 56 heavy (non-hydrogen) atoms. The molecule has 35 nitrogen and oxygen atoms in total. The second kappa shape index (κ2) is 18.6. The Balaban J connectivity index is 0.0000157. The maximum absolute atomic E-state index is 11.9. The first-order chi connectivity index (χ1) is 24.2. The largest absolute Gasteiger partial charge is 0.397 e. The summed E-state index contributed by atoms with van der Waals surface area (Å²) in [5, 5.41) is 0. The van der Waals surface area contributed by atoms with Crippen molar-refractivity contribution in [2.75, 3.05) is 19.8 Å². The predicted octanol–water partition coefficient (Wildman–Crippen LogP) is -7.16. The molecule has 0 amide bonds. The minimum atomic E-state index is -6.24. The molecule has 9 atom stereocenters. The summed E-state index contributed by atoms with van der Waals surface area (Å²) in [6.45, 7) is -6.25. The Morgan fingerprint density at radius 1 is 0.429 bits per heavy atom. The lowest BCUT2D eigenvalue weighted by molar-refractivity contribution is -0.374. The van der Waals surface area contributed by atoms with Gasteiger partial charge >= 0.3 is 83.2 Å². The van der Waals surface area contributed by atoms with Crippen LogP contribution in [0.5, 0.6) is 0 Å². The quantitative estimate of drug-likeness (QED) is 0.0391. The summed E-state index contributed by atoms with van der Waals surface area (Å²) in [5.74, 6) is -4.12. The fraction of sp³-hybridized carbons (Fsp3) is 1.00. The van der Waals surface area contributed by atoms with Crippen LogP contribution in [0.1, 0.15) is 0 Å². The fourth-order valence-electron chi connectivity index (χ4n) is 4.24. The number of ether oxygens (including phenoxy) is 3. The molecule has 2 rings (SSSR count). The van der Waals surface area contributed by atoms with Crippen LogP contribution in [0, 0.1) is 0 Å². The molecule has 0 aliphatic carbocycles. The Hall–Kier alpha value is -0.628. The summed E-state index contributed by atoms with van der Waals surface area (Å²) >= 11 is 0. The normalized spacial score (nSPS) is 30.1. The Labute approximate surface area is 325 Å². The molecule has 8 N–H and O–H groups in total. The third-order valence-electron chi connectivity index (χ3n) is 5.68. The minimum absolute atomic E-state index is 0. The molecule has 3 radical (unpaired) electrons. The Morgan fingerprint density at radius 3 is 1.18 bits per heavy atom. The first-order valence-corrected chi connectivity index (χ1v) is 23.2. The molecule has 331 valence electrons. The van der Waals surface area contributed by atoms with Gasteiger partial charge in [0.2, 0.25) is 5.79 Å². The number of hydrogen-bond donors (Lipinski definition) is 8. The van der Waals surface area contributed by atoms with E-state index in [4.69, 9.17) is 23.3 Å². The third kappa shape index (κ3) is 19.2. The van der Waals surface area contributed by atoms with Gasteiger partial charge in [0.05, 0.1) is 13.2 Å². The van der Waals surface area contributed by atoms with Crippen molar-refractivity contribution in [1.82, 2.24) is 0 Å². The summed E-state index contributed by atoms with van der Waals surface area (Å²) in [6, 6.07) is 0. The lowest BCUT2D eigenvalue weighted by atomic mass is 9.99. The van der Waals surface area contributed by atoms with Crippen LogP contribution in [-0.2, 0) is 131 Å². The van der Waals surface area contributed by atoms with Crippen molar-refractivity contribution in [3.05, 3.63) is 0 Å². The van der Waals surface area contributed by atoms with Crippen LogP contribution in [-0.4, -0.2) is 196 Å². The third-order valence-corrected chi connectivity index (χ3v) is 9.28. The highest BCUT2D eigenvalue weighted by Gasteiger charge is 2.65. The van der Waals surface area contributed by atoms with Gasteiger partial charge in [-0.15, -0.1) is 0 Å². The van der Waals surface area contributed by atoms with Crippen molar-refractivity contribution < 1.29 is 151 Å². The molecule has 0 aromatic rings. The average Bonchev–Trinajstić information content (AvgIpc) is 3.15. The maximum atomic E-state index is 11.9. The van der Waals surface area contributed by atoms with Gasteiger partial charge in [0.25, 0.3) is 0 Å². The highest BCUT2D eigenvalue weighted by Crippen LogP contribution is 2.42. The predicted molar refractivity (Wildman–Crippen MR) is 158 cm³/mol. The maximum Gasteiger partial charge on any atom is 0.397 e. The van der Waals surface area contributed by atoms with E-state index in [0.717, 1.165) is 0 Å². The SMILES string of the molecule is O=S(=O)(O)OC[C@H]1O[C@@](COS(=O)(=O)O)(O[C@H]2O[C@H](COS(=O)(=O)O)[C@@H](OS(=O)(=O)O)[C@H](OS(=O)(=O)O)[C@H]2OS(=O)(=O)O)[C@@H](OS(=O)(=O)O)[C@@H]1OS(=O)(=O)O.[Al]. The molecule has 2 fully saturated rings. The van der Waals surface area contributed by atoms with E-state index in [1.807, 2.05) is 0 Å². The first kappa shape index (κ1) is 53.4. The zero-order valence-corrected chi connectivity index (χ0v) is 33.4. The van der Waals surface area contributed by atoms with Gasteiger partial charge in [0.15, 0.2) is 18.5 Å². The van der Waals surface area contributed by atoms with Gasteiger partial charge in [-0.2, -0.15) is 67.3 Å². The molecule has 0 aromatic heterocycles. The number of rotatable bonds is 21. The van der Waals surface area contributed by atoms with Gasteiger partial charge in [0, 0.05) is 17.4 Å². The van der Waals surface area contributed by atoms with E-state index < -0.39 is 158 Å². The molecule has 0 spiro atoms. The van der Waals surface area contributed by atoms with Crippen molar-refractivity contribution in [3.8, 4) is 0 Å². The van der Waals surface area contributed by atoms with Crippen molar-refractivity contribution in [2.24, 2.45) is 0 Å². The molecule has 44 heteroatoms. The van der Waals surface area contributed by atoms with Crippen molar-refractivity contribution in [2.45, 2.75) is 54.8 Å². The zero-order valence-electron chi connectivity index (χ0n) is 25.7. The van der Waals surface area contributed by atoms with E-state index in [0.29, 0.717) is 0 Å². The summed E-state index contributed by atoms with van der Waals surface area (Å²) in [7, 11) is -48.3. The Morgan fingerprint density at radius 2 is 0.786 bits per heavy atom. The van der Waals surface area contributed by atoms with Gasteiger partial charge in [0.1, 0.15) is 37.1 Å². The van der Waals surface area contributed by atoms with Crippen LogP contribution in [0.4, 0.5) is 0 Å². The minimum Gasteiger partial charge on any atom is -0.341 e. The van der Waals surface area contributed by atoms with Gasteiger partial charge in [-0.05, 0) is 0 Å². The monoisotopic (exact) mass is 1010 g/mol. The molecule has 0 bridgehead atoms. The van der Waals surface area contributed by atoms with Crippen LogP contribution >= 0.6 is 0 Å². The van der Waals surface area contributed by atoms with E-state index in [9.17, 15) is 94.7 Å². The number of hydrogen-bond acceptors (Lipinski definition) is 27. The van der Waals surface area contributed by atoms with Crippen LogP contribution in [0.25, 0.3) is 0 Å². The average molecular weight is 1010 g/mol. The standard InChI is InChI=1S/C12H22O35S8.Al/c13-48(14,15)37-1-4-6(43-51(22,23)24)8(45-53(28,29)30)9(46-54(31,32)33)11(40-4)42-12(3-39-50(19,20)21)10(47-55(34,35)36)7(44-52(25,26)27)5(41-12)2-38-49(16,17)18;/h4-11H,1-3H2,(H,13,14,15)(H,16,17,18)(H,19,20,21)(H,22,23,24)(H,25,26,27)(H,28,29,30)(H,31,32,33)(H,34,35,36);/t4-,5-,6-,7-,8+,9-,10+,11-,12+;/m1./s1. The van der Waals surface area contributed by atoms with Crippen LogP contribution < -0.4 is 0 Å². The molecular weight excluding hydrogens is 988 g/mol. The van der Waals surface area contributed by atoms with E-state index in [1.54, 1.807) is 0 Å². The summed E-state index contributed by atoms with van der Waals surface area (Å²) in [5.41, 5.74) is 0. The van der Waals surface area contributed by atoms with E-state index in [1.165, 1.54) is 0 Å². The highest BCUT2D eigenvalue weighted by atomic mass is 32.3. The van der Waals surface area contributed by atoms with Gasteiger partial charge in [-0.25, -0.2) is 33.5 Å². The summed E-state index contributed by atoms with van der Waals surface area (Å²) < 4.78 is 307. The van der Waals surface area contributed by atoms with E-state index >= 15 is 0 Å². The molecule has 2 aliphatic heterocycles. The van der Waals surface area contributed by atoms with Crippen molar-refractivity contribution in [1.29, 1.82) is 0 Å². The smallest absolute Gasteiger partial charge is 0.341 e. The van der Waals surface area contributed by atoms with Gasteiger partial charge in [-0.3, -0.25) is 36.4 Å². The zero-order chi connectivity index (χ0) is 43.0. The van der Waals surface area contributed by atoms with Gasteiger partial charge < -0.3 is 14.2 Å². The highest BCUT2D eigenvalue weighted by molar-refractivity contribution is 7.82. The Bertz CT molecular complexity index is 2280. The van der Waals surface area contributed by atoms with Crippen molar-refractivity contribution >= 4 is 101 Å². The van der Waals surface area contributed by atoms with Crippen LogP contribution in [0.15, 0.2) is 0 Å². The van der Waals surface area contributed by atoms with Crippen molar-refractivity contribution in [3.63, 3.8) is 0 Å². The second-order valence-corrected chi connectivity index (χ2v) is 18.2. The van der Waals surface area contributed by atoms with Crippen LogP contribution in [0.3, 0.4) is 0 Å². The molecule has 2 aliphatic rings. The van der Waals surface area contributed by atoms with Crippen LogP contribution in [0.2, 0.25) is 0 Å². The molecule has 2 heterocycles. The second-order valence-electron chi connectivity index (χ2n) is 9.64. The molecule has 2 saturated heterocycles. The van der Waals surface area contributed by atoms with Gasteiger partial charge in [-0.1, -0.05) is 0 Å². The lowest BCUT2D eigenvalue weighted by Crippen LogP contribution is -2.65. The summed E-state index contributed by atoms with van der Waals surface area (Å²) in [6.07, 6.45) is -26.0.